The molecule has 0 atom stereocenters. The number of hydrogen-bond acceptors (Lipinski definition) is 2. The topological polar surface area (TPSA) is 36.1 Å². The van der Waals surface area contributed by atoms with Crippen LogP contribution >= 0.6 is 0 Å². The molecule has 0 radical (unpaired) electrons. The van der Waals surface area contributed by atoms with Crippen LogP contribution < -0.4 is 5.56 Å². The molecule has 1 aliphatic rings. The fourth-order valence-corrected chi connectivity index (χ4v) is 3.49. The summed E-state index contributed by atoms with van der Waals surface area (Å²) in [5.74, 6) is 0. The summed E-state index contributed by atoms with van der Waals surface area (Å²) in [4.78, 5) is 17.6. The van der Waals surface area contributed by atoms with Crippen molar-refractivity contribution in [3.05, 3.63) is 69.5 Å². The van der Waals surface area contributed by atoms with E-state index in [-0.39, 0.29) is 5.56 Å². The minimum Gasteiger partial charge on any atom is -0.321 e. The maximum absolute atomic E-state index is 12.3. The van der Waals surface area contributed by atoms with Crippen molar-refractivity contribution in [2.75, 3.05) is 14.1 Å². The van der Waals surface area contributed by atoms with Gasteiger partial charge in [0.2, 0.25) is 0 Å². The van der Waals surface area contributed by atoms with E-state index in [0.29, 0.717) is 0 Å². The van der Waals surface area contributed by atoms with Crippen molar-refractivity contribution in [1.29, 1.82) is 0 Å². The lowest BCUT2D eigenvalue weighted by atomic mass is 10.0. The van der Waals surface area contributed by atoms with Crippen molar-refractivity contribution in [3.8, 4) is 11.3 Å². The number of rotatable bonds is 2. The quantitative estimate of drug-likeness (QED) is 0.615. The van der Waals surface area contributed by atoms with Crippen molar-refractivity contribution in [2.24, 2.45) is 0 Å². The molecule has 0 saturated carbocycles. The first kappa shape index (κ1) is 13.3. The summed E-state index contributed by atoms with van der Waals surface area (Å²) in [7, 11) is 4.16. The van der Waals surface area contributed by atoms with Crippen LogP contribution in [0.25, 0.3) is 22.0 Å². The highest BCUT2D eigenvalue weighted by atomic mass is 16.1. The van der Waals surface area contributed by atoms with Crippen molar-refractivity contribution in [3.63, 3.8) is 0 Å². The normalized spacial score (nSPS) is 12.7. The molecule has 0 unspecified atom stereocenters. The molecule has 0 spiro atoms. The lowest BCUT2D eigenvalue weighted by Crippen LogP contribution is -2.12. The SMILES string of the molecule is CN(C)Cc1cccc2c1Cc1c-2[nH]c(=O)c2ccccc12. The van der Waals surface area contributed by atoms with Gasteiger partial charge < -0.3 is 9.88 Å². The molecule has 0 amide bonds. The molecule has 1 N–H and O–H groups in total. The van der Waals surface area contributed by atoms with E-state index in [1.807, 2.05) is 18.2 Å². The van der Waals surface area contributed by atoms with Crippen molar-refractivity contribution >= 4 is 10.8 Å². The van der Waals surface area contributed by atoms with E-state index in [4.69, 9.17) is 0 Å². The average Bonchev–Trinajstić information content (AvgIpc) is 2.87. The van der Waals surface area contributed by atoms with Crippen LogP contribution in [-0.4, -0.2) is 24.0 Å². The lowest BCUT2D eigenvalue weighted by Gasteiger charge is -2.13. The Morgan fingerprint density at radius 1 is 1.00 bits per heavy atom. The molecule has 1 aromatic heterocycles. The van der Waals surface area contributed by atoms with Crippen LogP contribution in [0.1, 0.15) is 16.7 Å². The third-order valence-corrected chi connectivity index (χ3v) is 4.42. The van der Waals surface area contributed by atoms with E-state index in [1.54, 1.807) is 0 Å². The first-order chi connectivity index (χ1) is 10.6. The third kappa shape index (κ3) is 1.90. The Morgan fingerprint density at radius 2 is 1.77 bits per heavy atom. The average molecular weight is 290 g/mol. The van der Waals surface area contributed by atoms with Gasteiger partial charge in [0, 0.05) is 23.9 Å². The van der Waals surface area contributed by atoms with Crippen LogP contribution in [0, 0.1) is 0 Å². The number of aromatic nitrogens is 1. The number of nitrogens with one attached hydrogen (secondary N) is 1. The van der Waals surface area contributed by atoms with Gasteiger partial charge in [-0.2, -0.15) is 0 Å². The van der Waals surface area contributed by atoms with Gasteiger partial charge in [-0.3, -0.25) is 4.79 Å². The molecule has 0 aliphatic heterocycles. The Balaban J connectivity index is 1.99. The summed E-state index contributed by atoms with van der Waals surface area (Å²) in [6, 6.07) is 14.3. The van der Waals surface area contributed by atoms with Crippen LogP contribution in [0.4, 0.5) is 0 Å². The number of H-pyrrole nitrogens is 1. The highest BCUT2D eigenvalue weighted by Gasteiger charge is 2.24. The van der Waals surface area contributed by atoms with Crippen LogP contribution in [0.15, 0.2) is 47.3 Å². The molecule has 22 heavy (non-hydrogen) atoms. The highest BCUT2D eigenvalue weighted by Crippen LogP contribution is 2.39. The second-order valence-corrected chi connectivity index (χ2v) is 6.21. The summed E-state index contributed by atoms with van der Waals surface area (Å²) in [6.07, 6.45) is 0.895. The number of hydrogen-bond donors (Lipinski definition) is 1. The second kappa shape index (κ2) is 4.82. The molecule has 0 saturated heterocycles. The van der Waals surface area contributed by atoms with Gasteiger partial charge in [-0.15, -0.1) is 0 Å². The number of nitrogens with zero attached hydrogens (tertiary/aromatic N) is 1. The predicted molar refractivity (Wildman–Crippen MR) is 90.2 cm³/mol. The summed E-state index contributed by atoms with van der Waals surface area (Å²) < 4.78 is 0. The molecule has 0 fully saturated rings. The largest absolute Gasteiger partial charge is 0.321 e. The Bertz CT molecular complexity index is 938. The molecular formula is C19H18N2O. The molecule has 3 heteroatoms. The summed E-state index contributed by atoms with van der Waals surface area (Å²) in [6.45, 7) is 0.916. The molecule has 4 rings (SSSR count). The zero-order valence-electron chi connectivity index (χ0n) is 12.8. The van der Waals surface area contributed by atoms with E-state index in [1.165, 1.54) is 22.3 Å². The van der Waals surface area contributed by atoms with Crippen LogP contribution in [-0.2, 0) is 13.0 Å². The molecule has 1 heterocycles. The standard InChI is InChI=1S/C19H18N2O/c1-21(2)11-12-6-5-9-14-16(12)10-17-13-7-3-4-8-15(13)19(22)20-18(14)17/h3-9H,10-11H2,1-2H3,(H,20,22). The van der Waals surface area contributed by atoms with E-state index in [0.717, 1.165) is 29.4 Å². The molecule has 3 nitrogen and oxygen atoms in total. The molecule has 3 aromatic rings. The van der Waals surface area contributed by atoms with E-state index in [9.17, 15) is 4.79 Å². The van der Waals surface area contributed by atoms with Crippen molar-refractivity contribution in [1.82, 2.24) is 9.88 Å². The van der Waals surface area contributed by atoms with Crippen LogP contribution in [0.5, 0.6) is 0 Å². The van der Waals surface area contributed by atoms with Gasteiger partial charge in [0.05, 0.1) is 5.69 Å². The smallest absolute Gasteiger partial charge is 0.256 e. The number of aromatic amines is 1. The van der Waals surface area contributed by atoms with Crippen molar-refractivity contribution in [2.45, 2.75) is 13.0 Å². The van der Waals surface area contributed by atoms with Gasteiger partial charge in [-0.25, -0.2) is 0 Å². The van der Waals surface area contributed by atoms with E-state index >= 15 is 0 Å². The third-order valence-electron chi connectivity index (χ3n) is 4.42. The predicted octanol–water partition coefficient (Wildman–Crippen LogP) is 3.16. The monoisotopic (exact) mass is 290 g/mol. The number of benzene rings is 2. The lowest BCUT2D eigenvalue weighted by molar-refractivity contribution is 0.401. The zero-order valence-corrected chi connectivity index (χ0v) is 12.8. The Kier molecular flexibility index (Phi) is 2.91. The van der Waals surface area contributed by atoms with E-state index < -0.39 is 0 Å². The maximum atomic E-state index is 12.3. The van der Waals surface area contributed by atoms with Crippen LogP contribution in [0.2, 0.25) is 0 Å². The first-order valence-corrected chi connectivity index (χ1v) is 7.55. The Hall–Kier alpha value is -2.39. The van der Waals surface area contributed by atoms with Crippen molar-refractivity contribution < 1.29 is 0 Å². The zero-order chi connectivity index (χ0) is 15.3. The molecule has 0 bridgehead atoms. The fourth-order valence-electron chi connectivity index (χ4n) is 3.49. The molecule has 1 aliphatic carbocycles. The second-order valence-electron chi connectivity index (χ2n) is 6.21. The molecule has 2 aromatic carbocycles. The van der Waals surface area contributed by atoms with Gasteiger partial charge in [0.15, 0.2) is 0 Å². The highest BCUT2D eigenvalue weighted by molar-refractivity contribution is 5.93. The number of fused-ring (bicyclic) bond motifs is 5. The van der Waals surface area contributed by atoms with Gasteiger partial charge in [0.25, 0.3) is 5.56 Å². The first-order valence-electron chi connectivity index (χ1n) is 7.55. The Morgan fingerprint density at radius 3 is 2.55 bits per heavy atom. The van der Waals surface area contributed by atoms with Gasteiger partial charge in [-0.1, -0.05) is 36.4 Å². The van der Waals surface area contributed by atoms with Gasteiger partial charge in [-0.05, 0) is 42.2 Å². The van der Waals surface area contributed by atoms with Crippen LogP contribution in [0.3, 0.4) is 0 Å². The molecular weight excluding hydrogens is 272 g/mol. The van der Waals surface area contributed by atoms with Gasteiger partial charge >= 0.3 is 0 Å². The molecule has 110 valence electrons. The van der Waals surface area contributed by atoms with Gasteiger partial charge in [0.1, 0.15) is 0 Å². The summed E-state index contributed by atoms with van der Waals surface area (Å²) >= 11 is 0. The van der Waals surface area contributed by atoms with E-state index in [2.05, 4.69) is 48.2 Å². The summed E-state index contributed by atoms with van der Waals surface area (Å²) in [5.41, 5.74) is 6.11. The minimum absolute atomic E-state index is 0.000197. The Labute approximate surface area is 129 Å². The number of pyridine rings is 1. The summed E-state index contributed by atoms with van der Waals surface area (Å²) in [5, 5.41) is 1.86. The fraction of sp³-hybridized carbons (Fsp3) is 0.211. The maximum Gasteiger partial charge on any atom is 0.256 e. The minimum atomic E-state index is 0.000197.